The Bertz CT molecular complexity index is 566. The first-order chi connectivity index (χ1) is 8.00. The Morgan fingerprint density at radius 3 is 2.53 bits per heavy atom. The van der Waals surface area contributed by atoms with Crippen LogP contribution < -0.4 is 0 Å². The molecule has 2 aromatic rings. The third-order valence-corrected chi connectivity index (χ3v) is 2.06. The van der Waals surface area contributed by atoms with Gasteiger partial charge in [-0.1, -0.05) is 0 Å². The van der Waals surface area contributed by atoms with Crippen LogP contribution in [-0.4, -0.2) is 15.2 Å². The summed E-state index contributed by atoms with van der Waals surface area (Å²) in [7, 11) is 0. The average Bonchev–Trinajstić information content (AvgIpc) is 2.80. The summed E-state index contributed by atoms with van der Waals surface area (Å²) in [6.07, 6.45) is -3.30. The SMILES string of the molecule is [C-]#[N+]c1cc(-c2ncn[nH]2)cc(C(F)(F)F)c1. The van der Waals surface area contributed by atoms with Crippen LogP contribution in [0, 0.1) is 6.57 Å². The highest BCUT2D eigenvalue weighted by atomic mass is 19.4. The number of nitrogens with one attached hydrogen (secondary N) is 1. The minimum absolute atomic E-state index is 0.0915. The van der Waals surface area contributed by atoms with Gasteiger partial charge in [0.15, 0.2) is 11.5 Å². The summed E-state index contributed by atoms with van der Waals surface area (Å²) in [6.45, 7) is 6.78. The van der Waals surface area contributed by atoms with Gasteiger partial charge in [-0.3, -0.25) is 5.10 Å². The topological polar surface area (TPSA) is 45.9 Å². The van der Waals surface area contributed by atoms with Crippen molar-refractivity contribution < 1.29 is 13.2 Å². The average molecular weight is 238 g/mol. The number of H-pyrrole nitrogens is 1. The second-order valence-corrected chi connectivity index (χ2v) is 3.21. The van der Waals surface area contributed by atoms with Gasteiger partial charge >= 0.3 is 6.18 Å². The van der Waals surface area contributed by atoms with Crippen LogP contribution >= 0.6 is 0 Å². The van der Waals surface area contributed by atoms with Crippen molar-refractivity contribution in [1.29, 1.82) is 0 Å². The second-order valence-electron chi connectivity index (χ2n) is 3.21. The molecular weight excluding hydrogens is 233 g/mol. The highest BCUT2D eigenvalue weighted by Gasteiger charge is 2.31. The van der Waals surface area contributed by atoms with Gasteiger partial charge in [0.05, 0.1) is 6.57 Å². The van der Waals surface area contributed by atoms with E-state index >= 15 is 0 Å². The third kappa shape index (κ3) is 2.25. The standard InChI is InChI=1S/C10H5F3N4/c1-14-8-3-6(9-15-5-16-17-9)2-7(4-8)10(11,12)13/h2-5H,(H,15,16,17). The fourth-order valence-corrected chi connectivity index (χ4v) is 1.32. The predicted molar refractivity (Wildman–Crippen MR) is 53.1 cm³/mol. The maximum absolute atomic E-state index is 12.6. The molecule has 0 unspecified atom stereocenters. The van der Waals surface area contributed by atoms with E-state index in [-0.39, 0.29) is 17.1 Å². The molecule has 0 amide bonds. The van der Waals surface area contributed by atoms with Crippen molar-refractivity contribution in [2.24, 2.45) is 0 Å². The van der Waals surface area contributed by atoms with Crippen LogP contribution in [0.1, 0.15) is 5.56 Å². The van der Waals surface area contributed by atoms with Crippen LogP contribution in [0.25, 0.3) is 16.2 Å². The number of alkyl halides is 3. The maximum Gasteiger partial charge on any atom is 0.415 e. The third-order valence-electron chi connectivity index (χ3n) is 2.06. The Balaban J connectivity index is 2.59. The quantitative estimate of drug-likeness (QED) is 0.776. The number of nitrogens with zero attached hydrogens (tertiary/aromatic N) is 3. The lowest BCUT2D eigenvalue weighted by molar-refractivity contribution is -0.137. The number of benzene rings is 1. The molecule has 7 heteroatoms. The van der Waals surface area contributed by atoms with E-state index in [0.29, 0.717) is 0 Å². The van der Waals surface area contributed by atoms with Crippen LogP contribution in [0.4, 0.5) is 18.9 Å². The van der Waals surface area contributed by atoms with Gasteiger partial charge in [-0.25, -0.2) is 9.83 Å². The van der Waals surface area contributed by atoms with E-state index < -0.39 is 11.7 Å². The molecule has 0 aliphatic heterocycles. The molecule has 0 fully saturated rings. The number of rotatable bonds is 1. The number of hydrogen-bond donors (Lipinski definition) is 1. The fourth-order valence-electron chi connectivity index (χ4n) is 1.32. The van der Waals surface area contributed by atoms with Gasteiger partial charge in [0.25, 0.3) is 0 Å². The molecule has 1 heterocycles. The minimum Gasteiger partial charge on any atom is -0.259 e. The van der Waals surface area contributed by atoms with Gasteiger partial charge < -0.3 is 0 Å². The van der Waals surface area contributed by atoms with Crippen LogP contribution in [0.3, 0.4) is 0 Å². The second kappa shape index (κ2) is 3.90. The summed E-state index contributed by atoms with van der Waals surface area (Å²) in [4.78, 5) is 6.75. The lowest BCUT2D eigenvalue weighted by Gasteiger charge is -2.08. The Kier molecular flexibility index (Phi) is 2.55. The van der Waals surface area contributed by atoms with Crippen molar-refractivity contribution in [3.63, 3.8) is 0 Å². The first-order valence-corrected chi connectivity index (χ1v) is 4.46. The highest BCUT2D eigenvalue weighted by molar-refractivity contribution is 5.64. The summed E-state index contributed by atoms with van der Waals surface area (Å²) in [5.74, 6) is 0.195. The highest BCUT2D eigenvalue weighted by Crippen LogP contribution is 2.34. The molecule has 0 saturated heterocycles. The van der Waals surface area contributed by atoms with Gasteiger partial charge in [0.2, 0.25) is 0 Å². The van der Waals surface area contributed by atoms with E-state index in [1.165, 1.54) is 12.4 Å². The summed E-state index contributed by atoms with van der Waals surface area (Å²) < 4.78 is 37.7. The zero-order valence-electron chi connectivity index (χ0n) is 8.28. The van der Waals surface area contributed by atoms with Gasteiger partial charge in [0, 0.05) is 11.1 Å². The smallest absolute Gasteiger partial charge is 0.259 e. The predicted octanol–water partition coefficient (Wildman–Crippen LogP) is 3.04. The molecule has 0 atom stereocenters. The number of aromatic nitrogens is 3. The van der Waals surface area contributed by atoms with Crippen molar-refractivity contribution in [1.82, 2.24) is 15.2 Å². The van der Waals surface area contributed by atoms with E-state index in [4.69, 9.17) is 6.57 Å². The van der Waals surface area contributed by atoms with Gasteiger partial charge in [-0.05, 0) is 18.2 Å². The van der Waals surface area contributed by atoms with Crippen LogP contribution in [0.15, 0.2) is 24.5 Å². The van der Waals surface area contributed by atoms with Crippen LogP contribution in [0.2, 0.25) is 0 Å². The molecule has 0 bridgehead atoms. The number of aromatic amines is 1. The molecular formula is C10H5F3N4. The molecule has 86 valence electrons. The molecule has 0 aliphatic carbocycles. The van der Waals surface area contributed by atoms with Crippen molar-refractivity contribution in [3.8, 4) is 11.4 Å². The summed E-state index contributed by atoms with van der Waals surface area (Å²) in [5.41, 5.74) is -0.785. The summed E-state index contributed by atoms with van der Waals surface area (Å²) >= 11 is 0. The molecule has 1 N–H and O–H groups in total. The normalized spacial score (nSPS) is 11.2. The van der Waals surface area contributed by atoms with Crippen molar-refractivity contribution in [2.45, 2.75) is 6.18 Å². The maximum atomic E-state index is 12.6. The largest absolute Gasteiger partial charge is 0.415 e. The minimum atomic E-state index is -4.49. The number of halogens is 3. The number of hydrogen-bond acceptors (Lipinski definition) is 2. The monoisotopic (exact) mass is 238 g/mol. The van der Waals surface area contributed by atoms with E-state index in [0.717, 1.165) is 12.1 Å². The summed E-state index contributed by atoms with van der Waals surface area (Å²) in [5, 5.41) is 6.00. The van der Waals surface area contributed by atoms with E-state index in [2.05, 4.69) is 20.0 Å². The lowest BCUT2D eigenvalue weighted by Crippen LogP contribution is -2.04. The van der Waals surface area contributed by atoms with Gasteiger partial charge in [-0.2, -0.15) is 18.3 Å². The van der Waals surface area contributed by atoms with Crippen molar-refractivity contribution >= 4 is 5.69 Å². The zero-order valence-corrected chi connectivity index (χ0v) is 8.28. The molecule has 0 spiro atoms. The molecule has 4 nitrogen and oxygen atoms in total. The Hall–Kier alpha value is -2.36. The first-order valence-electron chi connectivity index (χ1n) is 4.46. The van der Waals surface area contributed by atoms with E-state index in [1.54, 1.807) is 0 Å². The fraction of sp³-hybridized carbons (Fsp3) is 0.100. The molecule has 0 saturated carbocycles. The molecule has 17 heavy (non-hydrogen) atoms. The Morgan fingerprint density at radius 2 is 2.00 bits per heavy atom. The van der Waals surface area contributed by atoms with E-state index in [1.807, 2.05) is 0 Å². The first kappa shape index (κ1) is 11.1. The zero-order chi connectivity index (χ0) is 12.5. The van der Waals surface area contributed by atoms with Crippen LogP contribution in [-0.2, 0) is 6.18 Å². The summed E-state index contributed by atoms with van der Waals surface area (Å²) in [6, 6.07) is 3.05. The van der Waals surface area contributed by atoms with Crippen molar-refractivity contribution in [2.75, 3.05) is 0 Å². The molecule has 0 aliphatic rings. The molecule has 1 aromatic carbocycles. The Morgan fingerprint density at radius 1 is 1.24 bits per heavy atom. The van der Waals surface area contributed by atoms with Crippen LogP contribution in [0.5, 0.6) is 0 Å². The molecule has 1 aromatic heterocycles. The van der Waals surface area contributed by atoms with E-state index in [9.17, 15) is 13.2 Å². The Labute approximate surface area is 93.9 Å². The van der Waals surface area contributed by atoms with Gasteiger partial charge in [-0.15, -0.1) is 0 Å². The van der Waals surface area contributed by atoms with Gasteiger partial charge in [0.1, 0.15) is 6.33 Å². The molecule has 2 rings (SSSR count). The van der Waals surface area contributed by atoms with Crippen molar-refractivity contribution in [3.05, 3.63) is 41.5 Å². The molecule has 0 radical (unpaired) electrons. The lowest BCUT2D eigenvalue weighted by atomic mass is 10.1.